The monoisotopic (exact) mass is 1140 g/mol. The molecule has 0 N–H and O–H groups in total. The van der Waals surface area contributed by atoms with Crippen LogP contribution in [0.2, 0.25) is 20.1 Å². The molecule has 0 unspecified atom stereocenters. The van der Waals surface area contributed by atoms with Crippen molar-refractivity contribution >= 4 is 102 Å². The standard InChI is InChI=1S/C24BCl4F16.C22H23O2Se/c26-5-1(9(30)17(38)21(42)13(5)34)25(2-6(27)14(35)22(43)18(39)10(2)31,3-7(28)15(36)23(44)19(40)11(3)32)4-8(29)16(37)24(45)20(41)12(4)33;1-2-23-17-18-24-21-15-9-10-16-22(21)25(19-11-5-3-6-12-19)20-13-7-4-8-14-20/h;3-16H,2,17-18H2,1H3/q-1;+1. The Morgan fingerprint density at radius 1 is 0.371 bits per heavy atom. The summed E-state index contributed by atoms with van der Waals surface area (Å²) in [4.78, 5) is 0. The summed E-state index contributed by atoms with van der Waals surface area (Å²) in [5.41, 5.74) is -10.7. The molecule has 0 amide bonds. The quantitative estimate of drug-likeness (QED) is 0.0399. The number of benzene rings is 7. The van der Waals surface area contributed by atoms with Gasteiger partial charge in [0.1, 0.15) is 29.4 Å². The zero-order chi connectivity index (χ0) is 51.7. The zero-order valence-electron chi connectivity index (χ0n) is 34.6. The Bertz CT molecular complexity index is 2700. The third-order valence-corrected chi connectivity index (χ3v) is 16.7. The van der Waals surface area contributed by atoms with E-state index in [1.54, 1.807) is 0 Å². The summed E-state index contributed by atoms with van der Waals surface area (Å²) in [5.74, 6) is -47.3. The Kier molecular flexibility index (Phi) is 17.2. The van der Waals surface area contributed by atoms with Crippen LogP contribution in [0.3, 0.4) is 0 Å². The number of ether oxygens (including phenoxy) is 2. The van der Waals surface area contributed by atoms with Gasteiger partial charge in [0.25, 0.3) is 0 Å². The van der Waals surface area contributed by atoms with Crippen LogP contribution in [0.15, 0.2) is 84.9 Å². The molecule has 2 nitrogen and oxygen atoms in total. The van der Waals surface area contributed by atoms with Gasteiger partial charge in [0, 0.05) is 20.1 Å². The summed E-state index contributed by atoms with van der Waals surface area (Å²) in [7, 11) is 0. The fourth-order valence-corrected chi connectivity index (χ4v) is 13.4. The summed E-state index contributed by atoms with van der Waals surface area (Å²) in [5, 5.41) is -9.69. The van der Waals surface area contributed by atoms with E-state index in [1.807, 2.05) is 13.0 Å². The molecule has 368 valence electrons. The molecule has 0 atom stereocenters. The van der Waals surface area contributed by atoms with Crippen LogP contribution in [0.1, 0.15) is 6.92 Å². The minimum absolute atomic E-state index is 0.577. The van der Waals surface area contributed by atoms with Gasteiger partial charge in [0.15, 0.2) is 69.8 Å². The predicted molar refractivity (Wildman–Crippen MR) is 235 cm³/mol. The molecule has 0 bridgehead atoms. The molecule has 0 fully saturated rings. The van der Waals surface area contributed by atoms with E-state index < -0.39 is 155 Å². The molecule has 0 aliphatic rings. The second-order valence-corrected chi connectivity index (χ2v) is 19.9. The van der Waals surface area contributed by atoms with E-state index in [9.17, 15) is 52.7 Å². The summed E-state index contributed by atoms with van der Waals surface area (Å²) in [6, 6.07) is 30.0. The molecule has 7 aromatic carbocycles. The van der Waals surface area contributed by atoms with Gasteiger partial charge in [-0.05, 0) is 0 Å². The van der Waals surface area contributed by atoms with Gasteiger partial charge in [-0.2, -0.15) is 0 Å². The molecular weight excluding hydrogens is 1120 g/mol. The maximum absolute atomic E-state index is 15.8. The van der Waals surface area contributed by atoms with Crippen LogP contribution >= 0.6 is 46.4 Å². The van der Waals surface area contributed by atoms with Crippen LogP contribution in [-0.2, 0) is 4.74 Å². The van der Waals surface area contributed by atoms with E-state index in [1.165, 1.54) is 13.4 Å². The maximum atomic E-state index is 15.8. The average Bonchev–Trinajstić information content (AvgIpc) is 3.36. The molecule has 0 aliphatic carbocycles. The van der Waals surface area contributed by atoms with E-state index in [2.05, 4.69) is 78.9 Å². The molecule has 0 radical (unpaired) electrons. The number of halogens is 20. The van der Waals surface area contributed by atoms with Crippen LogP contribution in [-0.4, -0.2) is 39.9 Å². The number of hydrogen-bond donors (Lipinski definition) is 0. The maximum Gasteiger partial charge on any atom is 0.198 e. The van der Waals surface area contributed by atoms with Crippen LogP contribution < -0.4 is 40.0 Å². The van der Waals surface area contributed by atoms with Crippen molar-refractivity contribution in [3.63, 3.8) is 0 Å². The average molecular weight is 1140 g/mol. The summed E-state index contributed by atoms with van der Waals surface area (Å²) >= 11 is 20.9. The fraction of sp³-hybridized carbons (Fsp3) is 0.0870. The molecule has 7 aromatic rings. The Balaban J connectivity index is 0.000000270. The van der Waals surface area contributed by atoms with E-state index in [4.69, 9.17) is 55.9 Å². The molecule has 0 saturated heterocycles. The number of rotatable bonds is 12. The minimum atomic E-state index is -6.24. The summed E-state index contributed by atoms with van der Waals surface area (Å²) in [6.45, 7) is 3.91. The van der Waals surface area contributed by atoms with Crippen LogP contribution in [0.5, 0.6) is 5.75 Å². The van der Waals surface area contributed by atoms with Crippen molar-refractivity contribution in [2.75, 3.05) is 19.8 Å². The van der Waals surface area contributed by atoms with Crippen LogP contribution in [0.4, 0.5) is 70.2 Å². The van der Waals surface area contributed by atoms with Crippen molar-refractivity contribution in [3.8, 4) is 5.75 Å². The van der Waals surface area contributed by atoms with Crippen molar-refractivity contribution in [2.24, 2.45) is 0 Å². The van der Waals surface area contributed by atoms with Crippen LogP contribution in [0, 0.1) is 93.1 Å². The van der Waals surface area contributed by atoms with Crippen molar-refractivity contribution in [1.29, 1.82) is 0 Å². The number of hydrogen-bond acceptors (Lipinski definition) is 2. The SMILES string of the molecule is CCOCCOc1ccccc1[Se+](c1ccccc1)c1ccccc1.Fc1c(F)c(F)c([B-](c2c(F)c(F)c(F)c(F)c2Cl)(c2c(F)c(F)c(F)c(F)c2Cl)c2c(F)c(F)c(F)c(F)c2Cl)c(Cl)c1F. The Morgan fingerprint density at radius 2 is 0.657 bits per heavy atom. The Morgan fingerprint density at radius 3 is 0.971 bits per heavy atom. The molecule has 0 spiro atoms. The van der Waals surface area contributed by atoms with Gasteiger partial charge in [0.05, 0.1) is 0 Å². The molecule has 7 rings (SSSR count). The van der Waals surface area contributed by atoms with Crippen molar-refractivity contribution < 1.29 is 79.7 Å². The Hall–Kier alpha value is -5.08. The molecular formula is C46H23BCl4F16O2Se. The normalized spacial score (nSPS) is 11.6. The van der Waals surface area contributed by atoms with E-state index in [-0.39, 0.29) is 0 Å². The van der Waals surface area contributed by atoms with E-state index in [0.717, 1.165) is 12.4 Å². The van der Waals surface area contributed by atoms with Crippen molar-refractivity contribution in [3.05, 3.63) is 198 Å². The van der Waals surface area contributed by atoms with Gasteiger partial charge < -0.3 is 0 Å². The second-order valence-electron chi connectivity index (χ2n) is 14.2. The van der Waals surface area contributed by atoms with Crippen molar-refractivity contribution in [2.45, 2.75) is 6.92 Å². The first-order valence-electron chi connectivity index (χ1n) is 19.5. The Labute approximate surface area is 410 Å². The topological polar surface area (TPSA) is 18.5 Å². The first-order valence-corrected chi connectivity index (χ1v) is 23.6. The predicted octanol–water partition coefficient (Wildman–Crippen LogP) is 10.5. The van der Waals surface area contributed by atoms with Gasteiger partial charge in [-0.25, -0.2) is 70.2 Å². The zero-order valence-corrected chi connectivity index (χ0v) is 39.3. The largest absolute Gasteiger partial charge is 0.207 e. The second kappa shape index (κ2) is 22.1. The molecule has 0 aromatic heterocycles. The number of para-hydroxylation sites is 1. The third kappa shape index (κ3) is 9.43. The summed E-state index contributed by atoms with van der Waals surface area (Å²) < 4.78 is 254. The first-order chi connectivity index (χ1) is 33.1. The first kappa shape index (κ1) is 54.3. The minimum Gasteiger partial charge on any atom is -0.207 e. The van der Waals surface area contributed by atoms with E-state index >= 15 is 17.6 Å². The third-order valence-electron chi connectivity index (χ3n) is 10.4. The molecule has 70 heavy (non-hydrogen) atoms. The molecule has 0 saturated carbocycles. The molecule has 24 heteroatoms. The van der Waals surface area contributed by atoms with Gasteiger partial charge >= 0.3 is 154 Å². The van der Waals surface area contributed by atoms with Crippen LogP contribution in [0.25, 0.3) is 0 Å². The van der Waals surface area contributed by atoms with Gasteiger partial charge in [0.2, 0.25) is 0 Å². The van der Waals surface area contributed by atoms with Gasteiger partial charge in [-0.3, -0.25) is 0 Å². The van der Waals surface area contributed by atoms with Crippen molar-refractivity contribution in [1.82, 2.24) is 0 Å². The molecule has 0 aliphatic heterocycles. The fourth-order valence-electron chi connectivity index (χ4n) is 7.47. The van der Waals surface area contributed by atoms with Gasteiger partial charge in [-0.15, -0.1) is 21.9 Å². The van der Waals surface area contributed by atoms with Gasteiger partial charge in [-0.1, -0.05) is 46.4 Å². The smallest absolute Gasteiger partial charge is 0.198 e. The summed E-state index contributed by atoms with van der Waals surface area (Å²) in [6.07, 6.45) is -6.24. The molecule has 0 heterocycles. The van der Waals surface area contributed by atoms with E-state index in [0.29, 0.717) is 13.2 Å².